The predicted octanol–water partition coefficient (Wildman–Crippen LogP) is 4.95. The maximum absolute atomic E-state index is 7.04. The fourth-order valence-corrected chi connectivity index (χ4v) is 1.45. The monoisotopic (exact) mass is 256 g/mol. The summed E-state index contributed by atoms with van der Waals surface area (Å²) in [6, 6.07) is 8.94. The van der Waals surface area contributed by atoms with Crippen molar-refractivity contribution in [2.75, 3.05) is 0 Å². The highest BCUT2D eigenvalue weighted by atomic mass is 32.2. The minimum Gasteiger partial charge on any atom is -0.307 e. The van der Waals surface area contributed by atoms with Crippen molar-refractivity contribution < 1.29 is 9.11 Å². The van der Waals surface area contributed by atoms with Gasteiger partial charge in [-0.3, -0.25) is 0 Å². The molecule has 0 aliphatic heterocycles. The van der Waals surface area contributed by atoms with Crippen molar-refractivity contribution in [2.45, 2.75) is 52.4 Å². The zero-order chi connectivity index (χ0) is 13.7. The first-order valence-electron chi connectivity index (χ1n) is 5.69. The Labute approximate surface area is 109 Å². The smallest absolute Gasteiger partial charge is 0.152 e. The zero-order valence-corrected chi connectivity index (χ0v) is 12.4. The summed E-state index contributed by atoms with van der Waals surface area (Å²) in [5, 5.41) is 0. The van der Waals surface area contributed by atoms with Gasteiger partial charge in [-0.25, -0.2) is 0 Å². The van der Waals surface area contributed by atoms with E-state index in [9.17, 15) is 0 Å². The molecule has 17 heavy (non-hydrogen) atoms. The third kappa shape index (κ3) is 6.10. The van der Waals surface area contributed by atoms with Crippen molar-refractivity contribution in [3.63, 3.8) is 0 Å². The van der Waals surface area contributed by atoms with Crippen molar-refractivity contribution in [2.24, 2.45) is 0 Å². The Balaban J connectivity index is 0.000000770. The van der Waals surface area contributed by atoms with Crippen LogP contribution in [0.2, 0.25) is 0 Å². The van der Waals surface area contributed by atoms with Gasteiger partial charge < -0.3 is 9.11 Å². The van der Waals surface area contributed by atoms with Crippen molar-refractivity contribution in [3.05, 3.63) is 35.4 Å². The largest absolute Gasteiger partial charge is 0.307 e. The van der Waals surface area contributed by atoms with Gasteiger partial charge >= 0.3 is 0 Å². The SMILES string of the molecule is CC(C)(C)c1cccc(C(C)(C)C)c1.OSO. The molecule has 3 heteroatoms. The highest BCUT2D eigenvalue weighted by molar-refractivity contribution is 7.87. The van der Waals surface area contributed by atoms with Gasteiger partial charge in [-0.15, -0.1) is 0 Å². The molecule has 0 aliphatic rings. The zero-order valence-electron chi connectivity index (χ0n) is 11.6. The van der Waals surface area contributed by atoms with Gasteiger partial charge in [-0.1, -0.05) is 65.8 Å². The van der Waals surface area contributed by atoms with Crippen LogP contribution in [0.4, 0.5) is 0 Å². The van der Waals surface area contributed by atoms with Crippen LogP contribution >= 0.6 is 12.3 Å². The van der Waals surface area contributed by atoms with Gasteiger partial charge in [0.1, 0.15) is 0 Å². The lowest BCUT2D eigenvalue weighted by Crippen LogP contribution is -2.15. The fraction of sp³-hybridized carbons (Fsp3) is 0.571. The van der Waals surface area contributed by atoms with Crippen LogP contribution in [0, 0.1) is 0 Å². The van der Waals surface area contributed by atoms with Crippen LogP contribution in [-0.2, 0) is 10.8 Å². The minimum atomic E-state index is -0.250. The topological polar surface area (TPSA) is 40.5 Å². The number of rotatable bonds is 0. The Bertz CT molecular complexity index is 306. The molecular weight excluding hydrogens is 232 g/mol. The molecule has 0 unspecified atom stereocenters. The number of benzene rings is 1. The molecule has 0 aromatic heterocycles. The summed E-state index contributed by atoms with van der Waals surface area (Å²) in [6.07, 6.45) is 0. The highest BCUT2D eigenvalue weighted by Crippen LogP contribution is 2.28. The number of hydrogen-bond acceptors (Lipinski definition) is 3. The van der Waals surface area contributed by atoms with E-state index in [-0.39, 0.29) is 23.2 Å². The highest BCUT2D eigenvalue weighted by Gasteiger charge is 2.18. The summed E-state index contributed by atoms with van der Waals surface area (Å²) in [5.74, 6) is 0. The summed E-state index contributed by atoms with van der Waals surface area (Å²) >= 11 is -0.250. The molecule has 0 saturated heterocycles. The molecule has 1 aromatic rings. The third-order valence-corrected chi connectivity index (χ3v) is 2.59. The van der Waals surface area contributed by atoms with E-state index in [4.69, 9.17) is 9.11 Å². The van der Waals surface area contributed by atoms with Crippen LogP contribution in [-0.4, -0.2) is 9.11 Å². The molecule has 0 aliphatic carbocycles. The summed E-state index contributed by atoms with van der Waals surface area (Å²) in [5.41, 5.74) is 3.34. The molecule has 2 nitrogen and oxygen atoms in total. The van der Waals surface area contributed by atoms with E-state index in [1.165, 1.54) is 11.1 Å². The molecular formula is C14H24O2S. The molecule has 0 atom stereocenters. The molecule has 98 valence electrons. The molecule has 2 N–H and O–H groups in total. The van der Waals surface area contributed by atoms with Crippen molar-refractivity contribution >= 4 is 12.3 Å². The average molecular weight is 256 g/mol. The Morgan fingerprint density at radius 2 is 1.12 bits per heavy atom. The first-order chi connectivity index (χ1) is 7.62. The quantitative estimate of drug-likeness (QED) is 0.645. The van der Waals surface area contributed by atoms with E-state index in [2.05, 4.69) is 65.8 Å². The first-order valence-corrected chi connectivity index (χ1v) is 6.42. The molecule has 1 aromatic carbocycles. The van der Waals surface area contributed by atoms with E-state index in [0.717, 1.165) is 0 Å². The van der Waals surface area contributed by atoms with Gasteiger partial charge in [0, 0.05) is 0 Å². The molecule has 0 amide bonds. The first kappa shape index (κ1) is 16.5. The van der Waals surface area contributed by atoms with Crippen LogP contribution in [0.5, 0.6) is 0 Å². The van der Waals surface area contributed by atoms with Gasteiger partial charge in [0.2, 0.25) is 0 Å². The lowest BCUT2D eigenvalue weighted by atomic mass is 9.81. The maximum atomic E-state index is 7.04. The second kappa shape index (κ2) is 6.43. The Hall–Kier alpha value is -0.510. The Morgan fingerprint density at radius 1 is 0.824 bits per heavy atom. The average Bonchev–Trinajstić information content (AvgIpc) is 2.16. The standard InChI is InChI=1S/C14H22.H2O2S/c1-13(2,3)11-8-7-9-12(10-11)14(4,5)6;1-3-2/h7-10H,1-6H3;1-2H. The van der Waals surface area contributed by atoms with Crippen molar-refractivity contribution in [1.29, 1.82) is 0 Å². The maximum Gasteiger partial charge on any atom is 0.152 e. The Kier molecular flexibility index (Phi) is 6.24. The van der Waals surface area contributed by atoms with Gasteiger partial charge in [0.25, 0.3) is 0 Å². The van der Waals surface area contributed by atoms with E-state index in [0.29, 0.717) is 0 Å². The van der Waals surface area contributed by atoms with Gasteiger partial charge in [0.05, 0.1) is 0 Å². The number of hydrogen-bond donors (Lipinski definition) is 2. The van der Waals surface area contributed by atoms with Gasteiger partial charge in [0.15, 0.2) is 12.3 Å². The Morgan fingerprint density at radius 3 is 1.35 bits per heavy atom. The fourth-order valence-electron chi connectivity index (χ4n) is 1.45. The molecule has 0 radical (unpaired) electrons. The predicted molar refractivity (Wildman–Crippen MR) is 76.7 cm³/mol. The molecule has 0 saturated carbocycles. The summed E-state index contributed by atoms with van der Waals surface area (Å²) in [7, 11) is 0. The molecule has 1 rings (SSSR count). The second-order valence-electron chi connectivity index (χ2n) is 6.16. The van der Waals surface area contributed by atoms with Gasteiger partial charge in [-0.2, -0.15) is 0 Å². The van der Waals surface area contributed by atoms with E-state index in [1.807, 2.05) is 0 Å². The van der Waals surface area contributed by atoms with E-state index < -0.39 is 0 Å². The summed E-state index contributed by atoms with van der Waals surface area (Å²) < 4.78 is 14.1. The summed E-state index contributed by atoms with van der Waals surface area (Å²) in [4.78, 5) is 0. The summed E-state index contributed by atoms with van der Waals surface area (Å²) in [6.45, 7) is 13.6. The molecule has 0 fully saturated rings. The van der Waals surface area contributed by atoms with Crippen LogP contribution in [0.15, 0.2) is 24.3 Å². The van der Waals surface area contributed by atoms with Crippen LogP contribution < -0.4 is 0 Å². The van der Waals surface area contributed by atoms with Crippen LogP contribution in [0.25, 0.3) is 0 Å². The van der Waals surface area contributed by atoms with Crippen molar-refractivity contribution in [3.8, 4) is 0 Å². The third-order valence-electron chi connectivity index (χ3n) is 2.59. The second-order valence-corrected chi connectivity index (χ2v) is 6.33. The van der Waals surface area contributed by atoms with Crippen LogP contribution in [0.3, 0.4) is 0 Å². The van der Waals surface area contributed by atoms with Crippen LogP contribution in [0.1, 0.15) is 52.7 Å². The molecule has 0 spiro atoms. The van der Waals surface area contributed by atoms with Crippen molar-refractivity contribution in [1.82, 2.24) is 0 Å². The van der Waals surface area contributed by atoms with E-state index >= 15 is 0 Å². The lowest BCUT2D eigenvalue weighted by molar-refractivity contribution is 0.541. The normalized spacial score (nSPS) is 11.8. The molecule has 0 bridgehead atoms. The minimum absolute atomic E-state index is 0.250. The lowest BCUT2D eigenvalue weighted by Gasteiger charge is -2.24. The molecule has 0 heterocycles. The van der Waals surface area contributed by atoms with Gasteiger partial charge in [-0.05, 0) is 22.0 Å². The van der Waals surface area contributed by atoms with E-state index in [1.54, 1.807) is 0 Å².